The van der Waals surface area contributed by atoms with E-state index in [0.717, 1.165) is 74.4 Å². The fourth-order valence-electron chi connectivity index (χ4n) is 3.71. The SMILES string of the molecule is CCCCCOc1cc(OCCCCC)c(PC(=O)c2c(C)cccc2Cl)c(OCCCCC)c1.[Li+]. The number of aryl methyl sites for hydroxylation is 1. The summed E-state index contributed by atoms with van der Waals surface area (Å²) in [4.78, 5) is 13.4. The predicted octanol–water partition coefficient (Wildman–Crippen LogP) is 5.50. The van der Waals surface area contributed by atoms with Gasteiger partial charge in [0.2, 0.25) is 0 Å². The molecule has 0 amide bonds. The number of benzene rings is 2. The van der Waals surface area contributed by atoms with Crippen LogP contribution < -0.4 is 38.4 Å². The van der Waals surface area contributed by atoms with E-state index in [1.807, 2.05) is 31.2 Å². The molecular weight excluding hydrogens is 486 g/mol. The average Bonchev–Trinajstić information content (AvgIpc) is 2.84. The van der Waals surface area contributed by atoms with Gasteiger partial charge in [0, 0.05) is 17.7 Å². The molecule has 0 aliphatic carbocycles. The maximum atomic E-state index is 13.4. The van der Waals surface area contributed by atoms with E-state index in [9.17, 15) is 4.79 Å². The first-order valence-electron chi connectivity index (χ1n) is 13.1. The monoisotopic (exact) mass is 527 g/mol. The van der Waals surface area contributed by atoms with E-state index in [1.54, 1.807) is 6.07 Å². The van der Waals surface area contributed by atoms with E-state index < -0.39 is 0 Å². The van der Waals surface area contributed by atoms with Gasteiger partial charge in [-0.25, -0.2) is 0 Å². The molecule has 2 rings (SSSR count). The van der Waals surface area contributed by atoms with E-state index in [4.69, 9.17) is 25.8 Å². The molecule has 0 saturated carbocycles. The van der Waals surface area contributed by atoms with Gasteiger partial charge in [0.05, 0.1) is 30.1 Å². The van der Waals surface area contributed by atoms with Gasteiger partial charge in [0.25, 0.3) is 0 Å². The second-order valence-electron chi connectivity index (χ2n) is 8.85. The largest absolute Gasteiger partial charge is 1.00 e. The first-order valence-corrected chi connectivity index (χ1v) is 14.5. The maximum absolute atomic E-state index is 13.4. The molecule has 0 aliphatic heterocycles. The smallest absolute Gasteiger partial charge is 0.493 e. The molecule has 0 saturated heterocycles. The van der Waals surface area contributed by atoms with Crippen LogP contribution in [0.3, 0.4) is 0 Å². The van der Waals surface area contributed by atoms with E-state index in [-0.39, 0.29) is 33.0 Å². The van der Waals surface area contributed by atoms with Crippen LogP contribution in [0.25, 0.3) is 0 Å². The molecule has 7 heteroatoms. The Kier molecular flexibility index (Phi) is 17.3. The minimum absolute atomic E-state index is 0. The standard InChI is InChI=1S/C29H42ClO4P.Li/c1-5-8-11-17-32-23-20-25(33-18-12-9-6-2)28(26(21-23)34-19-13-10-7-3)35-29(31)27-22(4)15-14-16-24(27)30;/h14-16,20-21,35H,5-13,17-19H2,1-4H3;/q;+1. The van der Waals surface area contributed by atoms with Crippen molar-refractivity contribution in [2.75, 3.05) is 19.8 Å². The van der Waals surface area contributed by atoms with Gasteiger partial charge < -0.3 is 14.2 Å². The van der Waals surface area contributed by atoms with Crippen molar-refractivity contribution in [3.63, 3.8) is 0 Å². The zero-order chi connectivity index (χ0) is 25.5. The van der Waals surface area contributed by atoms with Crippen molar-refractivity contribution >= 4 is 31.0 Å². The van der Waals surface area contributed by atoms with Crippen LogP contribution >= 0.6 is 20.2 Å². The summed E-state index contributed by atoms with van der Waals surface area (Å²) >= 11 is 6.42. The Morgan fingerprint density at radius 2 is 1.31 bits per heavy atom. The summed E-state index contributed by atoms with van der Waals surface area (Å²) in [6.07, 6.45) is 9.64. The van der Waals surface area contributed by atoms with Gasteiger partial charge >= 0.3 is 18.9 Å². The molecule has 0 fully saturated rings. The molecular formula is C29H42ClLiO4P+. The zero-order valence-electron chi connectivity index (χ0n) is 22.9. The van der Waals surface area contributed by atoms with Crippen molar-refractivity contribution in [1.82, 2.24) is 0 Å². The third kappa shape index (κ3) is 11.1. The Bertz CT molecular complexity index is 869. The quantitative estimate of drug-likeness (QED) is 0.146. The van der Waals surface area contributed by atoms with Crippen LogP contribution in [0.1, 0.15) is 94.5 Å². The third-order valence-corrected chi connectivity index (χ3v) is 7.29. The second-order valence-corrected chi connectivity index (χ2v) is 10.5. The topological polar surface area (TPSA) is 44.8 Å². The minimum Gasteiger partial charge on any atom is -0.493 e. The second kappa shape index (κ2) is 19.0. The summed E-state index contributed by atoms with van der Waals surface area (Å²) in [5.41, 5.74) is 1.43. The van der Waals surface area contributed by atoms with Crippen molar-refractivity contribution in [3.05, 3.63) is 46.5 Å². The molecule has 1 unspecified atom stereocenters. The fourth-order valence-corrected chi connectivity index (χ4v) is 5.31. The molecule has 2 aromatic rings. The Hall–Kier alpha value is -1.17. The molecule has 0 N–H and O–H groups in total. The first kappa shape index (κ1) is 32.9. The summed E-state index contributed by atoms with van der Waals surface area (Å²) < 4.78 is 18.5. The minimum atomic E-state index is -0.160. The average molecular weight is 528 g/mol. The van der Waals surface area contributed by atoms with E-state index >= 15 is 0 Å². The number of carbonyl (C=O) groups is 1. The van der Waals surface area contributed by atoms with E-state index in [0.29, 0.717) is 41.9 Å². The van der Waals surface area contributed by atoms with Crippen molar-refractivity contribution in [2.24, 2.45) is 0 Å². The summed E-state index contributed by atoms with van der Waals surface area (Å²) in [5, 5.41) is 1.28. The molecule has 0 bridgehead atoms. The summed E-state index contributed by atoms with van der Waals surface area (Å²) in [7, 11) is -0.160. The van der Waals surface area contributed by atoms with Crippen LogP contribution in [0.2, 0.25) is 5.02 Å². The maximum Gasteiger partial charge on any atom is 1.00 e. The molecule has 0 spiro atoms. The molecule has 0 radical (unpaired) electrons. The predicted molar refractivity (Wildman–Crippen MR) is 150 cm³/mol. The van der Waals surface area contributed by atoms with Gasteiger partial charge in [-0.05, 0) is 46.4 Å². The number of halogens is 1. The molecule has 0 heterocycles. The van der Waals surface area contributed by atoms with Gasteiger partial charge in [-0.2, -0.15) is 0 Å². The molecule has 1 atom stereocenters. The zero-order valence-corrected chi connectivity index (χ0v) is 24.6. The molecule has 0 aromatic heterocycles. The van der Waals surface area contributed by atoms with Gasteiger partial charge in [-0.15, -0.1) is 0 Å². The Morgan fingerprint density at radius 3 is 1.78 bits per heavy atom. The van der Waals surface area contributed by atoms with Crippen molar-refractivity contribution < 1.29 is 37.9 Å². The number of hydrogen-bond acceptors (Lipinski definition) is 4. The fraction of sp³-hybridized carbons (Fsp3) is 0.552. The number of unbranched alkanes of at least 4 members (excludes halogenated alkanes) is 6. The van der Waals surface area contributed by atoms with Gasteiger partial charge in [0.15, 0.2) is 5.52 Å². The molecule has 0 aliphatic rings. The molecule has 194 valence electrons. The first-order chi connectivity index (χ1) is 17.0. The van der Waals surface area contributed by atoms with Crippen molar-refractivity contribution in [2.45, 2.75) is 85.5 Å². The number of rotatable bonds is 18. The van der Waals surface area contributed by atoms with Gasteiger partial charge in [0.1, 0.15) is 17.2 Å². The van der Waals surface area contributed by atoms with E-state index in [1.165, 1.54) is 0 Å². The Balaban J connectivity index is 0.00000648. The number of hydrogen-bond donors (Lipinski definition) is 0. The summed E-state index contributed by atoms with van der Waals surface area (Å²) in [6.45, 7) is 10.3. The van der Waals surface area contributed by atoms with Crippen LogP contribution in [-0.4, -0.2) is 25.3 Å². The Labute approximate surface area is 237 Å². The molecule has 36 heavy (non-hydrogen) atoms. The van der Waals surface area contributed by atoms with Gasteiger partial charge in [-0.3, -0.25) is 4.79 Å². The van der Waals surface area contributed by atoms with Crippen LogP contribution in [0, 0.1) is 6.92 Å². The van der Waals surface area contributed by atoms with Crippen molar-refractivity contribution in [3.8, 4) is 17.2 Å². The van der Waals surface area contributed by atoms with Crippen LogP contribution in [0.15, 0.2) is 30.3 Å². The van der Waals surface area contributed by atoms with Gasteiger partial charge in [-0.1, -0.05) is 83.0 Å². The number of ether oxygens (including phenoxy) is 3. The Morgan fingerprint density at radius 1 is 0.806 bits per heavy atom. The summed E-state index contributed by atoms with van der Waals surface area (Å²) in [5.74, 6) is 2.08. The number of carbonyl (C=O) groups excluding carboxylic acids is 1. The molecule has 2 aromatic carbocycles. The molecule has 4 nitrogen and oxygen atoms in total. The van der Waals surface area contributed by atoms with Crippen LogP contribution in [0.5, 0.6) is 17.2 Å². The van der Waals surface area contributed by atoms with E-state index in [2.05, 4.69) is 20.8 Å². The third-order valence-electron chi connectivity index (χ3n) is 5.75. The van der Waals surface area contributed by atoms with Crippen LogP contribution in [-0.2, 0) is 0 Å². The van der Waals surface area contributed by atoms with Crippen molar-refractivity contribution in [1.29, 1.82) is 0 Å². The van der Waals surface area contributed by atoms with Crippen LogP contribution in [0.4, 0.5) is 0 Å². The summed E-state index contributed by atoms with van der Waals surface area (Å²) in [6, 6.07) is 9.40. The normalized spacial score (nSPS) is 10.9.